The Balaban J connectivity index is 1.65. The van der Waals surface area contributed by atoms with Gasteiger partial charge in [-0.1, -0.05) is 43.2 Å². The van der Waals surface area contributed by atoms with Crippen molar-refractivity contribution in [3.05, 3.63) is 35.9 Å². The molecule has 5 nitrogen and oxygen atoms in total. The topological polar surface area (TPSA) is 83.5 Å². The lowest BCUT2D eigenvalue weighted by molar-refractivity contribution is -0.139. The number of sulfonamides is 1. The maximum absolute atomic E-state index is 12.3. The number of rotatable bonds is 7. The zero-order valence-corrected chi connectivity index (χ0v) is 12.4. The highest BCUT2D eigenvalue weighted by molar-refractivity contribution is 7.90. The van der Waals surface area contributed by atoms with Crippen molar-refractivity contribution in [3.8, 4) is 0 Å². The molecule has 114 valence electrons. The maximum Gasteiger partial charge on any atom is 0.321 e. The Labute approximate surface area is 124 Å². The molecule has 2 fully saturated rings. The van der Waals surface area contributed by atoms with E-state index in [2.05, 4.69) is 4.72 Å². The zero-order valence-electron chi connectivity index (χ0n) is 11.6. The van der Waals surface area contributed by atoms with Gasteiger partial charge in [0.2, 0.25) is 10.0 Å². The Morgan fingerprint density at radius 3 is 2.52 bits per heavy atom. The Bertz CT molecular complexity index is 624. The third-order valence-corrected chi connectivity index (χ3v) is 6.16. The number of aliphatic carboxylic acids is 1. The van der Waals surface area contributed by atoms with Crippen molar-refractivity contribution in [2.24, 2.45) is 5.92 Å². The van der Waals surface area contributed by atoms with Crippen LogP contribution in [0.2, 0.25) is 0 Å². The summed E-state index contributed by atoms with van der Waals surface area (Å²) in [6.45, 7) is 0. The highest BCUT2D eigenvalue weighted by Crippen LogP contribution is 2.45. The maximum atomic E-state index is 12.3. The van der Waals surface area contributed by atoms with E-state index in [1.54, 1.807) is 0 Å². The minimum atomic E-state index is -3.58. The van der Waals surface area contributed by atoms with Crippen molar-refractivity contribution < 1.29 is 18.3 Å². The van der Waals surface area contributed by atoms with Crippen LogP contribution in [0.4, 0.5) is 0 Å². The van der Waals surface area contributed by atoms with Gasteiger partial charge < -0.3 is 5.11 Å². The molecule has 3 rings (SSSR count). The first kappa shape index (κ1) is 14.5. The van der Waals surface area contributed by atoms with Gasteiger partial charge in [0.05, 0.1) is 5.25 Å². The lowest BCUT2D eigenvalue weighted by Gasteiger charge is -2.14. The van der Waals surface area contributed by atoms with E-state index in [9.17, 15) is 18.3 Å². The van der Waals surface area contributed by atoms with Crippen LogP contribution in [0.1, 0.15) is 37.2 Å². The summed E-state index contributed by atoms with van der Waals surface area (Å²) in [5.41, 5.74) is 1.00. The predicted molar refractivity (Wildman–Crippen MR) is 78.4 cm³/mol. The van der Waals surface area contributed by atoms with Crippen molar-refractivity contribution in [3.63, 3.8) is 0 Å². The van der Waals surface area contributed by atoms with Crippen LogP contribution in [0.5, 0.6) is 0 Å². The smallest absolute Gasteiger partial charge is 0.321 e. The van der Waals surface area contributed by atoms with Gasteiger partial charge in [-0.3, -0.25) is 4.79 Å². The van der Waals surface area contributed by atoms with Crippen LogP contribution in [0, 0.1) is 5.92 Å². The molecule has 0 aliphatic heterocycles. The summed E-state index contributed by atoms with van der Waals surface area (Å²) in [5, 5.41) is 8.67. The van der Waals surface area contributed by atoms with E-state index in [1.807, 2.05) is 30.3 Å². The summed E-state index contributed by atoms with van der Waals surface area (Å²) in [6, 6.07) is 8.51. The van der Waals surface area contributed by atoms with Crippen molar-refractivity contribution in [1.29, 1.82) is 0 Å². The van der Waals surface area contributed by atoms with Crippen LogP contribution >= 0.6 is 0 Å². The first-order chi connectivity index (χ1) is 9.97. The molecule has 1 aromatic carbocycles. The summed E-state index contributed by atoms with van der Waals surface area (Å²) in [5.74, 6) is -0.737. The molecule has 2 unspecified atom stereocenters. The molecular formula is C15H19NO4S. The van der Waals surface area contributed by atoms with Gasteiger partial charge in [0.15, 0.2) is 0 Å². The highest BCUT2D eigenvalue weighted by atomic mass is 32.2. The highest BCUT2D eigenvalue weighted by Gasteiger charge is 2.49. The summed E-state index contributed by atoms with van der Waals surface area (Å²) < 4.78 is 27.0. The molecule has 1 aromatic rings. The number of carboxylic acids is 1. The van der Waals surface area contributed by atoms with Crippen LogP contribution in [0.3, 0.4) is 0 Å². The Hall–Kier alpha value is -1.40. The van der Waals surface area contributed by atoms with Crippen LogP contribution in [-0.2, 0) is 14.8 Å². The Morgan fingerprint density at radius 2 is 1.95 bits per heavy atom. The largest absolute Gasteiger partial charge is 0.480 e. The van der Waals surface area contributed by atoms with Crippen LogP contribution in [-0.4, -0.2) is 30.8 Å². The molecule has 2 saturated carbocycles. The fourth-order valence-electron chi connectivity index (χ4n) is 2.74. The molecule has 2 aliphatic rings. The number of benzene rings is 1. The SMILES string of the molecule is O=C(O)[C@H](CC1CC1)NS(=O)(=O)C1CC1c1ccccc1. The van der Waals surface area contributed by atoms with E-state index in [0.29, 0.717) is 18.8 Å². The second kappa shape index (κ2) is 5.42. The van der Waals surface area contributed by atoms with E-state index < -0.39 is 27.3 Å². The zero-order chi connectivity index (χ0) is 15.0. The molecule has 0 radical (unpaired) electrons. The third kappa shape index (κ3) is 3.44. The van der Waals surface area contributed by atoms with Gasteiger partial charge in [-0.2, -0.15) is 0 Å². The molecule has 3 atom stereocenters. The van der Waals surface area contributed by atoms with Crippen molar-refractivity contribution in [2.45, 2.75) is 42.9 Å². The van der Waals surface area contributed by atoms with Crippen LogP contribution in [0.25, 0.3) is 0 Å². The van der Waals surface area contributed by atoms with E-state index in [0.717, 1.165) is 18.4 Å². The predicted octanol–water partition coefficient (Wildman–Crippen LogP) is 1.72. The van der Waals surface area contributed by atoms with E-state index >= 15 is 0 Å². The second-order valence-corrected chi connectivity index (χ2v) is 7.96. The summed E-state index contributed by atoms with van der Waals surface area (Å²) in [4.78, 5) is 11.2. The second-order valence-electron chi connectivity index (χ2n) is 6.02. The molecule has 0 heterocycles. The Kier molecular flexibility index (Phi) is 3.75. The lowest BCUT2D eigenvalue weighted by atomic mass is 10.1. The minimum absolute atomic E-state index is 0.0148. The molecule has 2 N–H and O–H groups in total. The third-order valence-electron chi connectivity index (χ3n) is 4.23. The van der Waals surface area contributed by atoms with Gasteiger partial charge >= 0.3 is 5.97 Å². The van der Waals surface area contributed by atoms with E-state index in [-0.39, 0.29) is 5.92 Å². The molecule has 0 spiro atoms. The number of carbonyl (C=O) groups is 1. The normalized spacial score (nSPS) is 26.3. The molecule has 0 saturated heterocycles. The molecule has 2 aliphatic carbocycles. The summed E-state index contributed by atoms with van der Waals surface area (Å²) in [6.07, 6.45) is 2.97. The van der Waals surface area contributed by atoms with E-state index in [4.69, 9.17) is 0 Å². The molecule has 0 aromatic heterocycles. The number of nitrogens with one attached hydrogen (secondary N) is 1. The van der Waals surface area contributed by atoms with Crippen molar-refractivity contribution >= 4 is 16.0 Å². The molecule has 0 bridgehead atoms. The van der Waals surface area contributed by atoms with Gasteiger partial charge in [-0.05, 0) is 24.3 Å². The summed E-state index contributed by atoms with van der Waals surface area (Å²) >= 11 is 0. The van der Waals surface area contributed by atoms with Gasteiger partial charge in [0.25, 0.3) is 0 Å². The first-order valence-electron chi connectivity index (χ1n) is 7.26. The monoisotopic (exact) mass is 309 g/mol. The fraction of sp³-hybridized carbons (Fsp3) is 0.533. The van der Waals surface area contributed by atoms with Gasteiger partial charge in [0, 0.05) is 5.92 Å². The lowest BCUT2D eigenvalue weighted by Crippen LogP contribution is -2.42. The molecular weight excluding hydrogens is 290 g/mol. The Morgan fingerprint density at radius 1 is 1.29 bits per heavy atom. The summed E-state index contributed by atoms with van der Waals surface area (Å²) in [7, 11) is -3.58. The molecule has 6 heteroatoms. The minimum Gasteiger partial charge on any atom is -0.480 e. The molecule has 0 amide bonds. The standard InChI is InChI=1S/C15H19NO4S/c17-15(18)13(8-10-6-7-10)16-21(19,20)14-9-12(14)11-4-2-1-3-5-11/h1-5,10,12-14,16H,6-9H2,(H,17,18)/t12?,13-,14?/m0/s1. The fourth-order valence-corrected chi connectivity index (χ4v) is 4.56. The number of hydrogen-bond acceptors (Lipinski definition) is 3. The van der Waals surface area contributed by atoms with Crippen LogP contribution < -0.4 is 4.72 Å². The van der Waals surface area contributed by atoms with Gasteiger partial charge in [-0.15, -0.1) is 0 Å². The van der Waals surface area contributed by atoms with Crippen molar-refractivity contribution in [1.82, 2.24) is 4.72 Å². The van der Waals surface area contributed by atoms with Gasteiger partial charge in [-0.25, -0.2) is 13.1 Å². The number of hydrogen-bond donors (Lipinski definition) is 2. The average Bonchev–Trinajstić information content (AvgIpc) is 3.32. The van der Waals surface area contributed by atoms with E-state index in [1.165, 1.54) is 0 Å². The quantitative estimate of drug-likeness (QED) is 0.803. The average molecular weight is 309 g/mol. The number of carboxylic acid groups (broad SMARTS) is 1. The van der Waals surface area contributed by atoms with Crippen molar-refractivity contribution in [2.75, 3.05) is 0 Å². The van der Waals surface area contributed by atoms with Gasteiger partial charge in [0.1, 0.15) is 6.04 Å². The molecule has 21 heavy (non-hydrogen) atoms. The first-order valence-corrected chi connectivity index (χ1v) is 8.81. The van der Waals surface area contributed by atoms with Crippen LogP contribution in [0.15, 0.2) is 30.3 Å².